The maximum Gasteiger partial charge on any atom is 0.242 e. The number of sulfonamides is 1. The smallest absolute Gasteiger partial charge is 0.242 e. The minimum atomic E-state index is -3.60. The van der Waals surface area contributed by atoms with Crippen molar-refractivity contribution in [1.82, 2.24) is 4.72 Å². The Hall–Kier alpha value is -0.780. The lowest BCUT2D eigenvalue weighted by atomic mass is 9.93. The maximum absolute atomic E-state index is 12.0. The molecule has 0 spiro atoms. The van der Waals surface area contributed by atoms with E-state index in [4.69, 9.17) is 17.3 Å². The van der Waals surface area contributed by atoms with E-state index in [1.165, 1.54) is 12.1 Å². The normalized spacial score (nSPS) is 12.7. The number of benzene rings is 1. The Morgan fingerprint density at radius 1 is 1.33 bits per heavy atom. The summed E-state index contributed by atoms with van der Waals surface area (Å²) in [5.74, 6) is 0. The molecule has 0 radical (unpaired) electrons. The van der Waals surface area contributed by atoms with E-state index < -0.39 is 10.0 Å². The first kappa shape index (κ1) is 15.3. The Morgan fingerprint density at radius 2 is 1.94 bits per heavy atom. The van der Waals surface area contributed by atoms with E-state index in [0.29, 0.717) is 12.2 Å². The van der Waals surface area contributed by atoms with Gasteiger partial charge in [0.15, 0.2) is 0 Å². The Labute approximate surface area is 114 Å². The summed E-state index contributed by atoms with van der Waals surface area (Å²) in [6.07, 6.45) is 0.742. The number of rotatable bonds is 4. The van der Waals surface area contributed by atoms with Crippen LogP contribution in [0.4, 0.5) is 5.69 Å². The molecule has 0 saturated heterocycles. The molecular formula is C12H19ClN2O2S. The number of hydrogen-bond acceptors (Lipinski definition) is 3. The molecule has 1 rings (SSSR count). The molecule has 0 saturated carbocycles. The molecular weight excluding hydrogens is 272 g/mol. The van der Waals surface area contributed by atoms with E-state index in [0.717, 1.165) is 6.42 Å². The highest BCUT2D eigenvalue weighted by atomic mass is 35.5. The zero-order valence-electron chi connectivity index (χ0n) is 10.8. The molecule has 4 nitrogen and oxygen atoms in total. The fourth-order valence-corrected chi connectivity index (χ4v) is 2.93. The summed E-state index contributed by atoms with van der Waals surface area (Å²) >= 11 is 5.87. The summed E-state index contributed by atoms with van der Waals surface area (Å²) in [6.45, 7) is 6.52. The molecule has 102 valence electrons. The van der Waals surface area contributed by atoms with Gasteiger partial charge in [-0.1, -0.05) is 32.4 Å². The second-order valence-electron chi connectivity index (χ2n) is 5.40. The van der Waals surface area contributed by atoms with E-state index in [1.54, 1.807) is 6.07 Å². The SMILES string of the molecule is CC(C)(C)CCNS(=O)(=O)c1cc(N)ccc1Cl. The van der Waals surface area contributed by atoms with E-state index in [9.17, 15) is 8.42 Å². The molecule has 18 heavy (non-hydrogen) atoms. The van der Waals surface area contributed by atoms with Crippen molar-refractivity contribution < 1.29 is 8.42 Å². The monoisotopic (exact) mass is 290 g/mol. The lowest BCUT2D eigenvalue weighted by Gasteiger charge is -2.18. The van der Waals surface area contributed by atoms with E-state index in [2.05, 4.69) is 25.5 Å². The molecule has 1 aromatic rings. The number of nitrogens with two attached hydrogens (primary N) is 1. The van der Waals surface area contributed by atoms with Crippen LogP contribution in [0.1, 0.15) is 27.2 Å². The summed E-state index contributed by atoms with van der Waals surface area (Å²) in [7, 11) is -3.60. The fourth-order valence-electron chi connectivity index (χ4n) is 1.36. The van der Waals surface area contributed by atoms with Crippen molar-refractivity contribution in [2.24, 2.45) is 5.41 Å². The van der Waals surface area contributed by atoms with Crippen molar-refractivity contribution in [2.75, 3.05) is 12.3 Å². The van der Waals surface area contributed by atoms with Crippen LogP contribution in [0.2, 0.25) is 5.02 Å². The van der Waals surface area contributed by atoms with Gasteiger partial charge in [0, 0.05) is 12.2 Å². The first-order chi connectivity index (χ1) is 8.12. The number of anilines is 1. The van der Waals surface area contributed by atoms with Crippen LogP contribution >= 0.6 is 11.6 Å². The van der Waals surface area contributed by atoms with Crippen molar-refractivity contribution in [3.05, 3.63) is 23.2 Å². The summed E-state index contributed by atoms with van der Waals surface area (Å²) in [4.78, 5) is 0.0260. The van der Waals surface area contributed by atoms with Gasteiger partial charge < -0.3 is 5.73 Å². The van der Waals surface area contributed by atoms with Gasteiger partial charge in [0.2, 0.25) is 10.0 Å². The van der Waals surface area contributed by atoms with Crippen LogP contribution in [-0.4, -0.2) is 15.0 Å². The maximum atomic E-state index is 12.0. The molecule has 0 fully saturated rings. The number of hydrogen-bond donors (Lipinski definition) is 2. The van der Waals surface area contributed by atoms with Gasteiger partial charge >= 0.3 is 0 Å². The number of halogens is 1. The minimum Gasteiger partial charge on any atom is -0.399 e. The van der Waals surface area contributed by atoms with Gasteiger partial charge in [0.05, 0.1) is 5.02 Å². The molecule has 0 bridgehead atoms. The first-order valence-corrected chi connectivity index (χ1v) is 7.53. The molecule has 1 aromatic carbocycles. The van der Waals surface area contributed by atoms with Crippen LogP contribution in [0.25, 0.3) is 0 Å². The first-order valence-electron chi connectivity index (χ1n) is 5.66. The lowest BCUT2D eigenvalue weighted by molar-refractivity contribution is 0.378. The van der Waals surface area contributed by atoms with E-state index in [1.807, 2.05) is 0 Å². The van der Waals surface area contributed by atoms with Gasteiger partial charge in [-0.05, 0) is 30.0 Å². The summed E-state index contributed by atoms with van der Waals surface area (Å²) in [6, 6.07) is 4.41. The van der Waals surface area contributed by atoms with Crippen LogP contribution in [0.3, 0.4) is 0 Å². The Balaban J connectivity index is 2.84. The standard InChI is InChI=1S/C12H19ClN2O2S/c1-12(2,3)6-7-15-18(16,17)11-8-9(14)4-5-10(11)13/h4-5,8,15H,6-7,14H2,1-3H3. The van der Waals surface area contributed by atoms with Crippen LogP contribution in [0.5, 0.6) is 0 Å². The second-order valence-corrected chi connectivity index (χ2v) is 7.54. The highest BCUT2D eigenvalue weighted by Crippen LogP contribution is 2.24. The van der Waals surface area contributed by atoms with E-state index >= 15 is 0 Å². The molecule has 6 heteroatoms. The lowest BCUT2D eigenvalue weighted by Crippen LogP contribution is -2.27. The van der Waals surface area contributed by atoms with Gasteiger partial charge in [0.1, 0.15) is 4.90 Å². The van der Waals surface area contributed by atoms with Crippen molar-refractivity contribution in [3.8, 4) is 0 Å². The largest absolute Gasteiger partial charge is 0.399 e. The molecule has 0 aliphatic carbocycles. The molecule has 0 atom stereocenters. The highest BCUT2D eigenvalue weighted by molar-refractivity contribution is 7.89. The molecule has 0 heterocycles. The fraction of sp³-hybridized carbons (Fsp3) is 0.500. The number of nitrogen functional groups attached to an aromatic ring is 1. The third kappa shape index (κ3) is 4.48. The molecule has 3 N–H and O–H groups in total. The second kappa shape index (κ2) is 5.47. The third-order valence-electron chi connectivity index (χ3n) is 2.41. The Morgan fingerprint density at radius 3 is 2.50 bits per heavy atom. The summed E-state index contributed by atoms with van der Waals surface area (Å²) in [5.41, 5.74) is 6.01. The quantitative estimate of drug-likeness (QED) is 0.837. The van der Waals surface area contributed by atoms with Gasteiger partial charge in [-0.25, -0.2) is 13.1 Å². The average molecular weight is 291 g/mol. The molecule has 0 aliphatic heterocycles. The Kier molecular flexibility index (Phi) is 4.64. The van der Waals surface area contributed by atoms with Gasteiger partial charge in [-0.2, -0.15) is 0 Å². The zero-order valence-corrected chi connectivity index (χ0v) is 12.4. The zero-order chi connectivity index (χ0) is 14.0. The van der Waals surface area contributed by atoms with Crippen molar-refractivity contribution >= 4 is 27.3 Å². The van der Waals surface area contributed by atoms with Gasteiger partial charge in [0.25, 0.3) is 0 Å². The van der Waals surface area contributed by atoms with Crippen molar-refractivity contribution in [2.45, 2.75) is 32.1 Å². The molecule has 0 amide bonds. The van der Waals surface area contributed by atoms with Gasteiger partial charge in [-0.3, -0.25) is 0 Å². The van der Waals surface area contributed by atoms with Crippen LogP contribution in [0, 0.1) is 5.41 Å². The van der Waals surface area contributed by atoms with Crippen LogP contribution < -0.4 is 10.5 Å². The van der Waals surface area contributed by atoms with Gasteiger partial charge in [-0.15, -0.1) is 0 Å². The topological polar surface area (TPSA) is 72.2 Å². The predicted octanol–water partition coefficient (Wildman–Crippen LogP) is 2.64. The third-order valence-corrected chi connectivity index (χ3v) is 4.35. The molecule has 0 aliphatic rings. The average Bonchev–Trinajstić information content (AvgIpc) is 2.19. The Bertz CT molecular complexity index is 521. The predicted molar refractivity (Wildman–Crippen MR) is 75.1 cm³/mol. The van der Waals surface area contributed by atoms with Crippen LogP contribution in [-0.2, 0) is 10.0 Å². The number of nitrogens with one attached hydrogen (secondary N) is 1. The molecule has 0 aromatic heterocycles. The summed E-state index contributed by atoms with van der Waals surface area (Å²) in [5, 5.41) is 0.174. The van der Waals surface area contributed by atoms with E-state index in [-0.39, 0.29) is 15.3 Å². The molecule has 0 unspecified atom stereocenters. The summed E-state index contributed by atoms with van der Waals surface area (Å²) < 4.78 is 26.6. The van der Waals surface area contributed by atoms with Crippen LogP contribution in [0.15, 0.2) is 23.1 Å². The van der Waals surface area contributed by atoms with Crippen molar-refractivity contribution in [3.63, 3.8) is 0 Å². The highest BCUT2D eigenvalue weighted by Gasteiger charge is 2.19. The minimum absolute atomic E-state index is 0.0260. The van der Waals surface area contributed by atoms with Crippen molar-refractivity contribution in [1.29, 1.82) is 0 Å².